The number of aliphatic hydroxyl groups is 1. The molecule has 1 heterocycles. The van der Waals surface area contributed by atoms with Gasteiger partial charge in [0, 0.05) is 4.88 Å². The Bertz CT molecular complexity index is 466. The van der Waals surface area contributed by atoms with E-state index in [1.807, 2.05) is 13.0 Å². The third-order valence-electron chi connectivity index (χ3n) is 2.93. The molecule has 0 aliphatic heterocycles. The van der Waals surface area contributed by atoms with Crippen LogP contribution < -0.4 is 10.6 Å². The molecular formula is C12H16N2O3S. The number of hydrogen-bond donors (Lipinski definition) is 3. The summed E-state index contributed by atoms with van der Waals surface area (Å²) in [6.45, 7) is 1.82. The van der Waals surface area contributed by atoms with Crippen LogP contribution in [0.15, 0.2) is 12.1 Å². The maximum absolute atomic E-state index is 11.7. The molecule has 0 atom stereocenters. The molecule has 0 unspecified atom stereocenters. The molecule has 0 aromatic carbocycles. The first-order chi connectivity index (χ1) is 8.54. The van der Waals surface area contributed by atoms with Gasteiger partial charge in [-0.25, -0.2) is 0 Å². The Labute approximate surface area is 109 Å². The summed E-state index contributed by atoms with van der Waals surface area (Å²) in [4.78, 5) is 24.9. The summed E-state index contributed by atoms with van der Waals surface area (Å²) in [7, 11) is 0. The fourth-order valence-corrected chi connectivity index (χ4v) is 2.40. The van der Waals surface area contributed by atoms with Gasteiger partial charge in [-0.2, -0.15) is 0 Å². The Kier molecular flexibility index (Phi) is 3.68. The minimum atomic E-state index is -0.429. The van der Waals surface area contributed by atoms with E-state index in [-0.39, 0.29) is 25.0 Å². The van der Waals surface area contributed by atoms with Crippen LogP contribution in [0.2, 0.25) is 0 Å². The van der Waals surface area contributed by atoms with Crippen LogP contribution >= 0.6 is 11.3 Å². The molecule has 1 aliphatic rings. The van der Waals surface area contributed by atoms with Crippen molar-refractivity contribution in [3.8, 4) is 0 Å². The second-order valence-corrected chi connectivity index (χ2v) is 5.87. The fraction of sp³-hybridized carbons (Fsp3) is 0.500. The van der Waals surface area contributed by atoms with Crippen LogP contribution in [0.4, 0.5) is 0 Å². The van der Waals surface area contributed by atoms with E-state index >= 15 is 0 Å². The molecule has 0 spiro atoms. The molecule has 1 aromatic rings. The largest absolute Gasteiger partial charge is 0.394 e. The first kappa shape index (κ1) is 13.0. The quantitative estimate of drug-likeness (QED) is 0.724. The fourth-order valence-electron chi connectivity index (χ4n) is 1.62. The lowest BCUT2D eigenvalue weighted by Crippen LogP contribution is -2.45. The number of thiophene rings is 1. The zero-order chi connectivity index (χ0) is 13.2. The van der Waals surface area contributed by atoms with Crippen molar-refractivity contribution < 1.29 is 14.7 Å². The lowest BCUT2D eigenvalue weighted by atomic mass is 10.3. The van der Waals surface area contributed by atoms with Crippen molar-refractivity contribution in [2.24, 2.45) is 0 Å². The van der Waals surface area contributed by atoms with Crippen molar-refractivity contribution in [3.05, 3.63) is 21.9 Å². The van der Waals surface area contributed by atoms with Gasteiger partial charge in [0.15, 0.2) is 0 Å². The normalized spacial score (nSPS) is 16.1. The highest BCUT2D eigenvalue weighted by molar-refractivity contribution is 7.13. The summed E-state index contributed by atoms with van der Waals surface area (Å²) in [6.07, 6.45) is 1.60. The second kappa shape index (κ2) is 5.07. The van der Waals surface area contributed by atoms with Gasteiger partial charge in [-0.15, -0.1) is 11.3 Å². The van der Waals surface area contributed by atoms with Crippen LogP contribution in [0.1, 0.15) is 27.4 Å². The van der Waals surface area contributed by atoms with Gasteiger partial charge < -0.3 is 15.7 Å². The summed E-state index contributed by atoms with van der Waals surface area (Å²) < 4.78 is 0. The third kappa shape index (κ3) is 3.08. The molecule has 0 bridgehead atoms. The molecule has 1 fully saturated rings. The lowest BCUT2D eigenvalue weighted by Gasteiger charge is -2.14. The summed E-state index contributed by atoms with van der Waals surface area (Å²) in [6, 6.07) is 3.61. The molecule has 1 aromatic heterocycles. The molecule has 98 valence electrons. The molecular weight excluding hydrogens is 252 g/mol. The highest BCUT2D eigenvalue weighted by Gasteiger charge is 2.43. The summed E-state index contributed by atoms with van der Waals surface area (Å²) >= 11 is 1.39. The Balaban J connectivity index is 1.77. The summed E-state index contributed by atoms with van der Waals surface area (Å²) in [5.74, 6) is -0.500. The van der Waals surface area contributed by atoms with Gasteiger partial charge in [-0.1, -0.05) is 0 Å². The van der Waals surface area contributed by atoms with Gasteiger partial charge >= 0.3 is 0 Å². The van der Waals surface area contributed by atoms with Crippen molar-refractivity contribution >= 4 is 23.2 Å². The number of carbonyl (C=O) groups is 2. The number of nitrogens with one attached hydrogen (secondary N) is 2. The van der Waals surface area contributed by atoms with E-state index in [1.165, 1.54) is 11.3 Å². The monoisotopic (exact) mass is 268 g/mol. The molecule has 1 saturated carbocycles. The van der Waals surface area contributed by atoms with Crippen LogP contribution in [0.25, 0.3) is 0 Å². The topological polar surface area (TPSA) is 78.4 Å². The molecule has 18 heavy (non-hydrogen) atoms. The van der Waals surface area contributed by atoms with E-state index in [2.05, 4.69) is 10.6 Å². The van der Waals surface area contributed by atoms with Crippen LogP contribution in [-0.4, -0.2) is 35.6 Å². The molecule has 0 saturated heterocycles. The average molecular weight is 268 g/mol. The van der Waals surface area contributed by atoms with Crippen molar-refractivity contribution in [1.82, 2.24) is 10.6 Å². The van der Waals surface area contributed by atoms with E-state index in [9.17, 15) is 9.59 Å². The van der Waals surface area contributed by atoms with Gasteiger partial charge in [-0.3, -0.25) is 9.59 Å². The van der Waals surface area contributed by atoms with Gasteiger partial charge in [0.1, 0.15) is 0 Å². The summed E-state index contributed by atoms with van der Waals surface area (Å²) in [5, 5.41) is 14.4. The number of rotatable bonds is 5. The molecule has 6 heteroatoms. The van der Waals surface area contributed by atoms with Gasteiger partial charge in [-0.05, 0) is 31.9 Å². The van der Waals surface area contributed by atoms with Crippen LogP contribution in [0.3, 0.4) is 0 Å². The Morgan fingerprint density at radius 3 is 2.67 bits per heavy atom. The standard InChI is InChI=1S/C12H16N2O3S/c1-8-2-3-9(18-8)11(17)13-6-10(16)14-12(7-15)4-5-12/h2-3,15H,4-7H2,1H3,(H,13,17)(H,14,16). The Hall–Kier alpha value is -1.40. The zero-order valence-corrected chi connectivity index (χ0v) is 11.0. The first-order valence-electron chi connectivity index (χ1n) is 5.81. The predicted molar refractivity (Wildman–Crippen MR) is 68.6 cm³/mol. The first-order valence-corrected chi connectivity index (χ1v) is 6.63. The van der Waals surface area contributed by atoms with Crippen molar-refractivity contribution in [3.63, 3.8) is 0 Å². The van der Waals surface area contributed by atoms with Crippen molar-refractivity contribution in [2.75, 3.05) is 13.2 Å². The highest BCUT2D eigenvalue weighted by atomic mass is 32.1. The molecule has 5 nitrogen and oxygen atoms in total. The van der Waals surface area contributed by atoms with E-state index in [0.717, 1.165) is 17.7 Å². The predicted octanol–water partition coefficient (Wildman–Crippen LogP) is 0.427. The number of amides is 2. The molecule has 1 aliphatic carbocycles. The van der Waals surface area contributed by atoms with E-state index in [0.29, 0.717) is 4.88 Å². The van der Waals surface area contributed by atoms with Crippen molar-refractivity contribution in [1.29, 1.82) is 0 Å². The van der Waals surface area contributed by atoms with Gasteiger partial charge in [0.2, 0.25) is 5.91 Å². The SMILES string of the molecule is Cc1ccc(C(=O)NCC(=O)NC2(CO)CC2)s1. The van der Waals surface area contributed by atoms with Gasteiger partial charge in [0.25, 0.3) is 5.91 Å². The van der Waals surface area contributed by atoms with E-state index in [1.54, 1.807) is 6.07 Å². The number of aryl methyl sites for hydroxylation is 1. The maximum atomic E-state index is 11.7. The molecule has 2 rings (SSSR count). The number of carbonyl (C=O) groups excluding carboxylic acids is 2. The average Bonchev–Trinajstić information content (AvgIpc) is 2.99. The lowest BCUT2D eigenvalue weighted by molar-refractivity contribution is -0.121. The second-order valence-electron chi connectivity index (χ2n) is 4.58. The molecule has 2 amide bonds. The Morgan fingerprint density at radius 1 is 1.44 bits per heavy atom. The highest BCUT2D eigenvalue weighted by Crippen LogP contribution is 2.34. The smallest absolute Gasteiger partial charge is 0.261 e. The zero-order valence-electron chi connectivity index (χ0n) is 10.2. The van der Waals surface area contributed by atoms with E-state index in [4.69, 9.17) is 5.11 Å². The van der Waals surface area contributed by atoms with Crippen LogP contribution in [0.5, 0.6) is 0 Å². The third-order valence-corrected chi connectivity index (χ3v) is 3.93. The molecule has 0 radical (unpaired) electrons. The number of aliphatic hydroxyl groups excluding tert-OH is 1. The number of hydrogen-bond acceptors (Lipinski definition) is 4. The van der Waals surface area contributed by atoms with E-state index < -0.39 is 5.54 Å². The van der Waals surface area contributed by atoms with Crippen LogP contribution in [-0.2, 0) is 4.79 Å². The summed E-state index contributed by atoms with van der Waals surface area (Å²) in [5.41, 5.74) is -0.429. The van der Waals surface area contributed by atoms with Crippen molar-refractivity contribution in [2.45, 2.75) is 25.3 Å². The maximum Gasteiger partial charge on any atom is 0.261 e. The molecule has 3 N–H and O–H groups in total. The Morgan fingerprint density at radius 2 is 2.17 bits per heavy atom. The minimum Gasteiger partial charge on any atom is -0.394 e. The minimum absolute atomic E-state index is 0.0448. The van der Waals surface area contributed by atoms with Gasteiger partial charge in [0.05, 0.1) is 23.6 Å². The van der Waals surface area contributed by atoms with Crippen LogP contribution in [0, 0.1) is 6.92 Å².